The molecule has 102 valence electrons. The minimum atomic E-state index is 0.502. The van der Waals surface area contributed by atoms with Crippen LogP contribution in [0.1, 0.15) is 32.8 Å². The number of nitrogens with one attached hydrogen (secondary N) is 1. The fourth-order valence-electron chi connectivity index (χ4n) is 2.05. The number of hydrogen-bond acceptors (Lipinski definition) is 2. The molecule has 0 bridgehead atoms. The van der Waals surface area contributed by atoms with Crippen LogP contribution in [0, 0.1) is 5.92 Å². The van der Waals surface area contributed by atoms with Gasteiger partial charge in [-0.3, -0.25) is 4.68 Å². The molecule has 3 nitrogen and oxygen atoms in total. The maximum atomic E-state index is 4.22. The fraction of sp³-hybridized carbons (Fsp3) is 0.438. The monoisotopic (exact) mass is 257 g/mol. The first-order valence-corrected chi connectivity index (χ1v) is 7.02. The molecule has 0 fully saturated rings. The molecule has 2 unspecified atom stereocenters. The lowest BCUT2D eigenvalue weighted by atomic mass is 10.0. The first-order valence-electron chi connectivity index (χ1n) is 7.02. The molecule has 19 heavy (non-hydrogen) atoms. The van der Waals surface area contributed by atoms with Crippen LogP contribution in [0.15, 0.2) is 42.7 Å². The average Bonchev–Trinajstić information content (AvgIpc) is 2.93. The van der Waals surface area contributed by atoms with Crippen LogP contribution in [0.2, 0.25) is 0 Å². The molecule has 0 amide bonds. The van der Waals surface area contributed by atoms with Gasteiger partial charge in [0.15, 0.2) is 0 Å². The van der Waals surface area contributed by atoms with Crippen LogP contribution in [0.25, 0.3) is 0 Å². The second-order valence-corrected chi connectivity index (χ2v) is 5.22. The smallest absolute Gasteiger partial charge is 0.0659 e. The fourth-order valence-corrected chi connectivity index (χ4v) is 2.05. The second-order valence-electron chi connectivity index (χ2n) is 5.22. The van der Waals surface area contributed by atoms with Gasteiger partial charge in [0.1, 0.15) is 0 Å². The van der Waals surface area contributed by atoms with Gasteiger partial charge in [0.05, 0.1) is 6.54 Å². The van der Waals surface area contributed by atoms with E-state index in [0.29, 0.717) is 12.0 Å². The van der Waals surface area contributed by atoms with Crippen LogP contribution in [0.4, 0.5) is 5.69 Å². The van der Waals surface area contributed by atoms with Gasteiger partial charge in [-0.1, -0.05) is 32.4 Å². The zero-order valence-electron chi connectivity index (χ0n) is 12.0. The second kappa shape index (κ2) is 6.41. The van der Waals surface area contributed by atoms with Crippen molar-refractivity contribution >= 4 is 5.69 Å². The number of aromatic nitrogens is 2. The maximum Gasteiger partial charge on any atom is 0.0659 e. The Labute approximate surface area is 115 Å². The first kappa shape index (κ1) is 13.7. The molecule has 2 aromatic rings. The molecule has 0 saturated carbocycles. The molecule has 0 aliphatic heterocycles. The third-order valence-corrected chi connectivity index (χ3v) is 3.75. The van der Waals surface area contributed by atoms with E-state index >= 15 is 0 Å². The number of rotatable bonds is 6. The third-order valence-electron chi connectivity index (χ3n) is 3.75. The first-order chi connectivity index (χ1) is 9.19. The highest BCUT2D eigenvalue weighted by Gasteiger charge is 2.09. The number of benzene rings is 1. The summed E-state index contributed by atoms with van der Waals surface area (Å²) >= 11 is 0. The van der Waals surface area contributed by atoms with Crippen LogP contribution >= 0.6 is 0 Å². The van der Waals surface area contributed by atoms with Crippen molar-refractivity contribution in [3.63, 3.8) is 0 Å². The van der Waals surface area contributed by atoms with Crippen LogP contribution in [-0.4, -0.2) is 15.8 Å². The van der Waals surface area contributed by atoms with Gasteiger partial charge in [-0.15, -0.1) is 0 Å². The Morgan fingerprint density at radius 3 is 2.53 bits per heavy atom. The Hall–Kier alpha value is -1.77. The minimum Gasteiger partial charge on any atom is -0.382 e. The van der Waals surface area contributed by atoms with E-state index in [4.69, 9.17) is 0 Å². The summed E-state index contributed by atoms with van der Waals surface area (Å²) in [7, 11) is 0. The zero-order chi connectivity index (χ0) is 13.7. The van der Waals surface area contributed by atoms with Crippen LogP contribution in [0.3, 0.4) is 0 Å². The molecule has 0 saturated heterocycles. The topological polar surface area (TPSA) is 29.9 Å². The van der Waals surface area contributed by atoms with E-state index in [-0.39, 0.29) is 0 Å². The Bertz CT molecular complexity index is 473. The highest BCUT2D eigenvalue weighted by atomic mass is 15.3. The molecule has 1 heterocycles. The van der Waals surface area contributed by atoms with E-state index in [0.717, 1.165) is 6.54 Å². The van der Waals surface area contributed by atoms with E-state index in [2.05, 4.69) is 55.5 Å². The highest BCUT2D eigenvalue weighted by molar-refractivity contribution is 5.45. The Morgan fingerprint density at radius 2 is 1.95 bits per heavy atom. The van der Waals surface area contributed by atoms with Crippen LogP contribution < -0.4 is 5.32 Å². The van der Waals surface area contributed by atoms with Gasteiger partial charge in [-0.2, -0.15) is 5.10 Å². The molecule has 1 aromatic heterocycles. The maximum absolute atomic E-state index is 4.22. The van der Waals surface area contributed by atoms with Gasteiger partial charge in [0, 0.05) is 24.1 Å². The predicted molar refractivity (Wildman–Crippen MR) is 80.3 cm³/mol. The van der Waals surface area contributed by atoms with Gasteiger partial charge >= 0.3 is 0 Å². The quantitative estimate of drug-likeness (QED) is 0.853. The summed E-state index contributed by atoms with van der Waals surface area (Å²) in [6, 6.07) is 11.1. The van der Waals surface area contributed by atoms with Crippen molar-refractivity contribution in [2.24, 2.45) is 5.92 Å². The SMILES string of the molecule is CCC(C)C(C)Nc1ccc(Cn2cccn2)cc1. The lowest BCUT2D eigenvalue weighted by Crippen LogP contribution is -2.23. The molecule has 0 aliphatic rings. The van der Waals surface area contributed by atoms with Crippen LogP contribution in [-0.2, 0) is 6.54 Å². The average molecular weight is 257 g/mol. The summed E-state index contributed by atoms with van der Waals surface area (Å²) in [6.07, 6.45) is 4.99. The lowest BCUT2D eigenvalue weighted by molar-refractivity contribution is 0.494. The van der Waals surface area contributed by atoms with E-state index in [1.807, 2.05) is 23.1 Å². The van der Waals surface area contributed by atoms with Crippen molar-refractivity contribution in [2.75, 3.05) is 5.32 Å². The van der Waals surface area contributed by atoms with Crippen molar-refractivity contribution in [3.05, 3.63) is 48.3 Å². The molecule has 2 rings (SSSR count). The van der Waals surface area contributed by atoms with Crippen molar-refractivity contribution in [3.8, 4) is 0 Å². The summed E-state index contributed by atoms with van der Waals surface area (Å²) in [5.41, 5.74) is 2.46. The number of hydrogen-bond donors (Lipinski definition) is 1. The van der Waals surface area contributed by atoms with Gasteiger partial charge < -0.3 is 5.32 Å². The number of anilines is 1. The largest absolute Gasteiger partial charge is 0.382 e. The third kappa shape index (κ3) is 3.85. The van der Waals surface area contributed by atoms with Crippen molar-refractivity contribution in [2.45, 2.75) is 39.8 Å². The summed E-state index contributed by atoms with van der Waals surface area (Å²) in [6.45, 7) is 7.58. The van der Waals surface area contributed by atoms with E-state index in [1.165, 1.54) is 17.7 Å². The molecular formula is C16H23N3. The van der Waals surface area contributed by atoms with Gasteiger partial charge in [-0.25, -0.2) is 0 Å². The zero-order valence-corrected chi connectivity index (χ0v) is 12.0. The Kier molecular flexibility index (Phi) is 4.61. The lowest BCUT2D eigenvalue weighted by Gasteiger charge is -2.21. The standard InChI is InChI=1S/C16H23N3/c1-4-13(2)14(3)18-16-8-6-15(7-9-16)12-19-11-5-10-17-19/h5-11,13-14,18H,4,12H2,1-3H3. The molecule has 2 atom stereocenters. The number of nitrogens with zero attached hydrogens (tertiary/aromatic N) is 2. The summed E-state index contributed by atoms with van der Waals surface area (Å²) < 4.78 is 1.93. The van der Waals surface area contributed by atoms with Crippen LogP contribution in [0.5, 0.6) is 0 Å². The normalized spacial score (nSPS) is 14.1. The summed E-state index contributed by atoms with van der Waals surface area (Å²) in [5.74, 6) is 0.684. The van der Waals surface area contributed by atoms with E-state index in [9.17, 15) is 0 Å². The predicted octanol–water partition coefficient (Wildman–Crippen LogP) is 3.78. The molecule has 0 aliphatic carbocycles. The molecule has 3 heteroatoms. The van der Waals surface area contributed by atoms with Crippen molar-refractivity contribution < 1.29 is 0 Å². The van der Waals surface area contributed by atoms with Gasteiger partial charge in [0.2, 0.25) is 0 Å². The molecular weight excluding hydrogens is 234 g/mol. The highest BCUT2D eigenvalue weighted by Crippen LogP contribution is 2.16. The molecule has 0 radical (unpaired) electrons. The van der Waals surface area contributed by atoms with E-state index in [1.54, 1.807) is 0 Å². The summed E-state index contributed by atoms with van der Waals surface area (Å²) in [5, 5.41) is 7.77. The van der Waals surface area contributed by atoms with Crippen molar-refractivity contribution in [1.29, 1.82) is 0 Å². The minimum absolute atomic E-state index is 0.502. The molecule has 1 N–H and O–H groups in total. The Morgan fingerprint density at radius 1 is 1.21 bits per heavy atom. The van der Waals surface area contributed by atoms with E-state index < -0.39 is 0 Å². The van der Waals surface area contributed by atoms with Gasteiger partial charge in [0.25, 0.3) is 0 Å². The summed E-state index contributed by atoms with van der Waals surface area (Å²) in [4.78, 5) is 0. The van der Waals surface area contributed by atoms with Gasteiger partial charge in [-0.05, 0) is 36.6 Å². The molecule has 1 aromatic carbocycles. The Balaban J connectivity index is 1.94. The molecule has 0 spiro atoms. The van der Waals surface area contributed by atoms with Crippen molar-refractivity contribution in [1.82, 2.24) is 9.78 Å².